The quantitative estimate of drug-likeness (QED) is 0.716. The molecule has 0 saturated carbocycles. The molecule has 5 nitrogen and oxygen atoms in total. The first-order valence-corrected chi connectivity index (χ1v) is 5.88. The van der Waals surface area contributed by atoms with Gasteiger partial charge in [-0.25, -0.2) is 4.79 Å². The molecule has 3 aromatic rings. The van der Waals surface area contributed by atoms with Gasteiger partial charge in [-0.15, -0.1) is 10.2 Å². The molecule has 0 radical (unpaired) electrons. The Bertz CT molecular complexity index is 757. The molecule has 86 valence electrons. The average molecular weight is 247 g/mol. The van der Waals surface area contributed by atoms with Crippen LogP contribution in [0, 0.1) is 13.8 Å². The molecule has 1 aromatic carbocycles. The van der Waals surface area contributed by atoms with Gasteiger partial charge >= 0.3 is 5.97 Å². The van der Waals surface area contributed by atoms with Gasteiger partial charge in [-0.3, -0.25) is 4.40 Å². The van der Waals surface area contributed by atoms with Crippen LogP contribution in [0.25, 0.3) is 15.2 Å². The fourth-order valence-electron chi connectivity index (χ4n) is 2.06. The maximum absolute atomic E-state index is 11.1. The first-order valence-electron chi connectivity index (χ1n) is 5.06. The van der Waals surface area contributed by atoms with Crippen molar-refractivity contribution in [2.24, 2.45) is 0 Å². The molecule has 0 bridgehead atoms. The van der Waals surface area contributed by atoms with Crippen LogP contribution in [0.1, 0.15) is 21.7 Å². The van der Waals surface area contributed by atoms with Crippen LogP contribution in [0.3, 0.4) is 0 Å². The summed E-state index contributed by atoms with van der Waals surface area (Å²) in [5.74, 6) is -1.09. The van der Waals surface area contributed by atoms with Crippen molar-refractivity contribution in [2.45, 2.75) is 13.8 Å². The van der Waals surface area contributed by atoms with Crippen molar-refractivity contribution in [3.63, 3.8) is 0 Å². The van der Waals surface area contributed by atoms with Crippen molar-refractivity contribution < 1.29 is 9.90 Å². The molecule has 0 amide bonds. The number of carbonyl (C=O) groups is 1. The number of aromatic nitrogens is 3. The monoisotopic (exact) mass is 247 g/mol. The van der Waals surface area contributed by atoms with Gasteiger partial charge in [-0.2, -0.15) is 0 Å². The van der Waals surface area contributed by atoms with Crippen molar-refractivity contribution in [1.82, 2.24) is 14.6 Å². The molecule has 17 heavy (non-hydrogen) atoms. The van der Waals surface area contributed by atoms with Gasteiger partial charge in [-0.1, -0.05) is 17.4 Å². The predicted octanol–water partition coefficient (Wildman–Crippen LogP) is 2.26. The maximum atomic E-state index is 11.1. The van der Waals surface area contributed by atoms with Crippen molar-refractivity contribution >= 4 is 32.5 Å². The Kier molecular flexibility index (Phi) is 1.97. The highest BCUT2D eigenvalue weighted by atomic mass is 32.1. The maximum Gasteiger partial charge on any atom is 0.374 e. The average Bonchev–Trinajstić information content (AvgIpc) is 2.73. The van der Waals surface area contributed by atoms with E-state index in [1.165, 1.54) is 11.3 Å². The lowest BCUT2D eigenvalue weighted by atomic mass is 10.1. The van der Waals surface area contributed by atoms with E-state index < -0.39 is 5.97 Å². The lowest BCUT2D eigenvalue weighted by molar-refractivity contribution is 0.0682. The van der Waals surface area contributed by atoms with E-state index >= 15 is 0 Å². The molecule has 0 fully saturated rings. The Morgan fingerprint density at radius 3 is 2.82 bits per heavy atom. The number of carboxylic acid groups (broad SMARTS) is 1. The lowest BCUT2D eigenvalue weighted by Crippen LogP contribution is -2.03. The number of nitrogens with zero attached hydrogens (tertiary/aromatic N) is 3. The largest absolute Gasteiger partial charge is 0.475 e. The van der Waals surface area contributed by atoms with Crippen LogP contribution in [-0.4, -0.2) is 25.7 Å². The molecule has 0 aliphatic rings. The summed E-state index contributed by atoms with van der Waals surface area (Å²) >= 11 is 1.45. The van der Waals surface area contributed by atoms with Crippen molar-refractivity contribution in [2.75, 3.05) is 0 Å². The summed E-state index contributed by atoms with van der Waals surface area (Å²) in [6, 6.07) is 4.06. The van der Waals surface area contributed by atoms with Crippen LogP contribution in [0.2, 0.25) is 0 Å². The molecule has 2 heterocycles. The molecule has 2 aromatic heterocycles. The second-order valence-electron chi connectivity index (χ2n) is 3.98. The topological polar surface area (TPSA) is 67.5 Å². The molecule has 6 heteroatoms. The van der Waals surface area contributed by atoms with E-state index in [0.717, 1.165) is 21.3 Å². The zero-order valence-corrected chi connectivity index (χ0v) is 10.1. The van der Waals surface area contributed by atoms with Gasteiger partial charge in [0.2, 0.25) is 10.8 Å². The highest BCUT2D eigenvalue weighted by Gasteiger charge is 2.18. The van der Waals surface area contributed by atoms with Crippen LogP contribution in [0.5, 0.6) is 0 Å². The molecule has 0 aliphatic carbocycles. The van der Waals surface area contributed by atoms with Gasteiger partial charge in [0.1, 0.15) is 0 Å². The summed E-state index contributed by atoms with van der Waals surface area (Å²) in [4.78, 5) is 11.7. The second-order valence-corrected chi connectivity index (χ2v) is 4.99. The minimum absolute atomic E-state index is 0.0294. The molecular formula is C11H9N3O2S. The summed E-state index contributed by atoms with van der Waals surface area (Å²) in [5, 5.41) is 16.7. The van der Waals surface area contributed by atoms with Gasteiger partial charge in [-0.05, 0) is 31.0 Å². The Morgan fingerprint density at radius 1 is 1.35 bits per heavy atom. The molecule has 0 unspecified atom stereocenters. The number of hydrogen-bond acceptors (Lipinski definition) is 4. The van der Waals surface area contributed by atoms with Crippen LogP contribution in [-0.2, 0) is 0 Å². The van der Waals surface area contributed by atoms with Crippen LogP contribution in [0.15, 0.2) is 12.1 Å². The van der Waals surface area contributed by atoms with E-state index in [1.807, 2.05) is 26.0 Å². The summed E-state index contributed by atoms with van der Waals surface area (Å²) < 4.78 is 2.65. The zero-order chi connectivity index (χ0) is 12.2. The molecule has 3 rings (SSSR count). The van der Waals surface area contributed by atoms with Gasteiger partial charge in [0.25, 0.3) is 0 Å². The molecule has 1 N–H and O–H groups in total. The number of benzene rings is 1. The minimum Gasteiger partial charge on any atom is -0.475 e. The summed E-state index contributed by atoms with van der Waals surface area (Å²) in [7, 11) is 0. The fourth-order valence-corrected chi connectivity index (χ4v) is 3.20. The van der Waals surface area contributed by atoms with E-state index in [1.54, 1.807) is 4.40 Å². The Morgan fingerprint density at radius 2 is 2.12 bits per heavy atom. The third kappa shape index (κ3) is 1.34. The Balaban J connectivity index is 2.55. The first-order chi connectivity index (χ1) is 8.08. The van der Waals surface area contributed by atoms with Crippen LogP contribution in [0.4, 0.5) is 0 Å². The van der Waals surface area contributed by atoms with E-state index in [-0.39, 0.29) is 5.82 Å². The summed E-state index contributed by atoms with van der Waals surface area (Å²) in [6.07, 6.45) is 0. The van der Waals surface area contributed by atoms with Crippen molar-refractivity contribution in [3.05, 3.63) is 29.1 Å². The smallest absolute Gasteiger partial charge is 0.374 e. The van der Waals surface area contributed by atoms with Crippen molar-refractivity contribution in [3.8, 4) is 0 Å². The number of rotatable bonds is 1. The molecular weight excluding hydrogens is 238 g/mol. The summed E-state index contributed by atoms with van der Waals surface area (Å²) in [5.41, 5.74) is 3.08. The SMILES string of the molecule is Cc1cc(C)c2c(c1)sc1nnc(C(=O)O)n12. The van der Waals surface area contributed by atoms with Gasteiger partial charge < -0.3 is 5.11 Å². The number of thiazole rings is 1. The summed E-state index contributed by atoms with van der Waals surface area (Å²) in [6.45, 7) is 3.98. The number of aryl methyl sites for hydroxylation is 2. The van der Waals surface area contributed by atoms with E-state index in [9.17, 15) is 4.79 Å². The second kappa shape index (κ2) is 3.27. The fraction of sp³-hybridized carbons (Fsp3) is 0.182. The lowest BCUT2D eigenvalue weighted by Gasteiger charge is -2.00. The highest BCUT2D eigenvalue weighted by molar-refractivity contribution is 7.23. The highest BCUT2D eigenvalue weighted by Crippen LogP contribution is 2.29. The van der Waals surface area contributed by atoms with Crippen molar-refractivity contribution in [1.29, 1.82) is 0 Å². The Labute approximate surface area is 100 Å². The third-order valence-electron chi connectivity index (χ3n) is 2.66. The predicted molar refractivity (Wildman–Crippen MR) is 64.8 cm³/mol. The molecule has 0 aliphatic heterocycles. The molecule has 0 atom stereocenters. The first kappa shape index (κ1) is 10.2. The molecule has 0 spiro atoms. The van der Waals surface area contributed by atoms with Crippen LogP contribution >= 0.6 is 11.3 Å². The van der Waals surface area contributed by atoms with E-state index in [4.69, 9.17) is 5.11 Å². The number of hydrogen-bond donors (Lipinski definition) is 1. The molecule has 0 saturated heterocycles. The van der Waals surface area contributed by atoms with Crippen LogP contribution < -0.4 is 0 Å². The third-order valence-corrected chi connectivity index (χ3v) is 3.64. The number of fused-ring (bicyclic) bond motifs is 3. The zero-order valence-electron chi connectivity index (χ0n) is 9.26. The van der Waals surface area contributed by atoms with Gasteiger partial charge in [0.05, 0.1) is 10.2 Å². The minimum atomic E-state index is -1.06. The van der Waals surface area contributed by atoms with Gasteiger partial charge in [0.15, 0.2) is 0 Å². The standard InChI is InChI=1S/C11H9N3O2S/c1-5-3-6(2)8-7(4-5)17-11-13-12-9(10(15)16)14(8)11/h3-4H,1-2H3,(H,15,16). The Hall–Kier alpha value is -1.95. The van der Waals surface area contributed by atoms with E-state index in [0.29, 0.717) is 4.96 Å². The van der Waals surface area contributed by atoms with E-state index in [2.05, 4.69) is 10.2 Å². The normalized spacial score (nSPS) is 11.4. The number of aromatic carboxylic acids is 1. The number of carboxylic acids is 1. The van der Waals surface area contributed by atoms with Gasteiger partial charge in [0, 0.05) is 0 Å².